The molecule has 3 unspecified atom stereocenters. The first-order valence-corrected chi connectivity index (χ1v) is 18.7. The fourth-order valence-electron chi connectivity index (χ4n) is 6.60. The predicted molar refractivity (Wildman–Crippen MR) is 204 cm³/mol. The van der Waals surface area contributed by atoms with Gasteiger partial charge < -0.3 is 40.4 Å². The molecule has 2 aliphatic heterocycles. The number of nitroso groups, excluding NO2 is 1. The highest BCUT2D eigenvalue weighted by Crippen LogP contribution is 2.42. The first-order valence-electron chi connectivity index (χ1n) is 18.7. The number of likely N-dealkylation sites (tertiary alicyclic amines) is 1. The first-order chi connectivity index (χ1) is 23.4. The number of hydrogen-bond acceptors (Lipinski definition) is 9. The molecule has 2 heterocycles. The Morgan fingerprint density at radius 2 is 1.62 bits per heavy atom. The van der Waals surface area contributed by atoms with Crippen molar-refractivity contribution in [3.8, 4) is 0 Å². The van der Waals surface area contributed by atoms with Gasteiger partial charge in [0.15, 0.2) is 0 Å². The van der Waals surface area contributed by atoms with E-state index in [1.54, 1.807) is 6.92 Å². The van der Waals surface area contributed by atoms with Gasteiger partial charge in [0, 0.05) is 26.6 Å². The smallest absolute Gasteiger partial charge is 0.444 e. The summed E-state index contributed by atoms with van der Waals surface area (Å²) in [4.78, 5) is 34.8. The third-order valence-corrected chi connectivity index (χ3v) is 8.71. The number of carbonyl (C=O) groups excluding carboxylic acids is 2. The number of hydrogen-bond donors (Lipinski definition) is 4. The molecule has 0 aromatic rings. The number of piperidine rings is 1. The minimum Gasteiger partial charge on any atom is -0.444 e. The number of nitrogens with one attached hydrogen (secondary N) is 2. The van der Waals surface area contributed by atoms with E-state index in [9.17, 15) is 9.59 Å². The van der Waals surface area contributed by atoms with Gasteiger partial charge in [-0.15, -0.1) is 4.91 Å². The van der Waals surface area contributed by atoms with Crippen LogP contribution in [0.5, 0.6) is 0 Å². The number of fused-ring (bicyclic) bond motifs is 1. The van der Waals surface area contributed by atoms with Gasteiger partial charge in [0.25, 0.3) is 0 Å². The van der Waals surface area contributed by atoms with E-state index in [2.05, 4.69) is 62.6 Å². The largest absolute Gasteiger partial charge is 0.481 e. The highest BCUT2D eigenvalue weighted by atomic mass is 16.7. The molecule has 0 aromatic carbocycles. The van der Waals surface area contributed by atoms with E-state index in [0.29, 0.717) is 17.9 Å². The number of nitrogens with zero attached hydrogens (tertiary/aromatic N) is 3. The number of aliphatic hydroxyl groups is 1. The lowest BCUT2D eigenvalue weighted by molar-refractivity contribution is -0.119. The van der Waals surface area contributed by atoms with Crippen LogP contribution in [0, 0.1) is 22.2 Å². The molecule has 2 amide bonds. The zero-order valence-corrected chi connectivity index (χ0v) is 33.5. The molecule has 292 valence electrons. The molecule has 50 heavy (non-hydrogen) atoms. The van der Waals surface area contributed by atoms with Crippen LogP contribution in [-0.4, -0.2) is 91.5 Å². The predicted octanol–water partition coefficient (Wildman–Crippen LogP) is 6.40. The molecule has 1 saturated carbocycles. The zero-order valence-electron chi connectivity index (χ0n) is 33.5. The molecule has 0 spiro atoms. The van der Waals surface area contributed by atoms with Crippen molar-refractivity contribution < 1.29 is 28.7 Å². The van der Waals surface area contributed by atoms with E-state index >= 15 is 0 Å². The highest BCUT2D eigenvalue weighted by molar-refractivity contribution is 6.47. The minimum atomic E-state index is -0.403. The van der Waals surface area contributed by atoms with E-state index in [0.717, 1.165) is 65.3 Å². The lowest BCUT2D eigenvalue weighted by Gasteiger charge is -2.36. The van der Waals surface area contributed by atoms with Crippen LogP contribution in [0.3, 0.4) is 0 Å². The quantitative estimate of drug-likeness (QED) is 0.0498. The average Bonchev–Trinajstić information content (AvgIpc) is 3.31. The number of aliphatic hydroxyl groups excluding tert-OH is 1. The Kier molecular flexibility index (Phi) is 23.7. The molecule has 0 bridgehead atoms. The van der Waals surface area contributed by atoms with Crippen LogP contribution in [0.15, 0.2) is 10.4 Å². The summed E-state index contributed by atoms with van der Waals surface area (Å²) in [5, 5.41) is 18.5. The third kappa shape index (κ3) is 19.9. The second kappa shape index (κ2) is 24.8. The summed E-state index contributed by atoms with van der Waals surface area (Å²) in [6.07, 6.45) is 11.4. The van der Waals surface area contributed by atoms with Crippen LogP contribution in [0.25, 0.3) is 0 Å². The van der Waals surface area contributed by atoms with Crippen molar-refractivity contribution in [1.29, 1.82) is 0 Å². The number of amides is 2. The molecule has 3 fully saturated rings. The van der Waals surface area contributed by atoms with Crippen molar-refractivity contribution in [1.82, 2.24) is 15.5 Å². The molecule has 5 atom stereocenters. The highest BCUT2D eigenvalue weighted by Gasteiger charge is 2.50. The van der Waals surface area contributed by atoms with Crippen molar-refractivity contribution in [2.45, 2.75) is 170 Å². The van der Waals surface area contributed by atoms with E-state index in [4.69, 9.17) is 29.8 Å². The van der Waals surface area contributed by atoms with Crippen LogP contribution in [0.2, 0.25) is 0 Å². The average molecular weight is 713 g/mol. The molecule has 2 saturated heterocycles. The molecule has 0 aromatic heterocycles. The van der Waals surface area contributed by atoms with Crippen molar-refractivity contribution in [2.75, 3.05) is 26.7 Å². The van der Waals surface area contributed by atoms with E-state index in [1.807, 2.05) is 25.7 Å². The monoisotopic (exact) mass is 713 g/mol. The van der Waals surface area contributed by atoms with Crippen LogP contribution in [0.1, 0.15) is 140 Å². The molecule has 3 aliphatic rings. The number of amidine groups is 1. The molecular formula is C36H73BN6O7. The SMILES string of the molecule is C/C(N)=N\N=O.CC(=O)NC(CC(C)C)B1OC2CCCCC(C(C)(C)C)[C@@H]2O1.CCCNCC[C@H]1CCCCN1C(=O)OC(C)(C)C.CO. The van der Waals surface area contributed by atoms with E-state index < -0.39 is 5.60 Å². The van der Waals surface area contributed by atoms with Crippen molar-refractivity contribution in [3.05, 3.63) is 4.91 Å². The summed E-state index contributed by atoms with van der Waals surface area (Å²) >= 11 is 0. The Morgan fingerprint density at radius 1 is 1.00 bits per heavy atom. The Morgan fingerprint density at radius 3 is 2.12 bits per heavy atom. The fourth-order valence-corrected chi connectivity index (χ4v) is 6.60. The number of carbonyl (C=O) groups is 2. The second-order valence-corrected chi connectivity index (χ2v) is 16.0. The third-order valence-electron chi connectivity index (χ3n) is 8.71. The summed E-state index contributed by atoms with van der Waals surface area (Å²) in [5.74, 6) is 1.12. The van der Waals surface area contributed by atoms with Gasteiger partial charge in [-0.3, -0.25) is 4.79 Å². The van der Waals surface area contributed by atoms with E-state index in [-0.39, 0.29) is 48.5 Å². The summed E-state index contributed by atoms with van der Waals surface area (Å²) in [7, 11) is 0.694. The lowest BCUT2D eigenvalue weighted by atomic mass is 9.72. The lowest BCUT2D eigenvalue weighted by Crippen LogP contribution is -2.48. The van der Waals surface area contributed by atoms with Gasteiger partial charge in [0.2, 0.25) is 5.91 Å². The Labute approximate surface area is 304 Å². The maximum Gasteiger partial charge on any atom is 0.481 e. The van der Waals surface area contributed by atoms with Gasteiger partial charge in [0.1, 0.15) is 11.4 Å². The standard InChI is InChI=1S/C18H34BNO3.C15H30N2O2.C2H5N3O.CH4O/c1-12(2)11-16(20-13(3)21)19-22-15-10-8-7-9-14(17(15)23-19)18(4,5)6;1-5-10-16-11-9-13-8-6-7-12-17(13)14(18)19-15(2,3)4;1-2(3)4-5-6;1-2/h12,14-17H,7-11H2,1-6H3,(H,20,21);13,16H,5-12H2,1-4H3;1H3,(H2,3,4,6);2H,1H3/t14?,15?,16?,17-;13-;;/m01../s1. The van der Waals surface area contributed by atoms with Gasteiger partial charge in [-0.05, 0) is 109 Å². The van der Waals surface area contributed by atoms with Crippen LogP contribution in [-0.2, 0) is 18.8 Å². The van der Waals surface area contributed by atoms with Crippen molar-refractivity contribution in [3.63, 3.8) is 0 Å². The summed E-state index contributed by atoms with van der Waals surface area (Å²) in [6, 6.07) is 0.341. The first kappa shape index (κ1) is 47.7. The summed E-state index contributed by atoms with van der Waals surface area (Å²) < 4.78 is 18.2. The number of ether oxygens (including phenoxy) is 1. The van der Waals surface area contributed by atoms with Crippen LogP contribution in [0.4, 0.5) is 4.79 Å². The molecule has 13 nitrogen and oxygen atoms in total. The molecule has 3 rings (SSSR count). The maximum absolute atomic E-state index is 12.2. The van der Waals surface area contributed by atoms with Crippen LogP contribution < -0.4 is 16.4 Å². The van der Waals surface area contributed by atoms with Gasteiger partial charge in [-0.2, -0.15) is 0 Å². The Bertz CT molecular complexity index is 985. The second-order valence-electron chi connectivity index (χ2n) is 16.0. The van der Waals surface area contributed by atoms with Gasteiger partial charge >= 0.3 is 13.2 Å². The van der Waals surface area contributed by atoms with Gasteiger partial charge in [-0.25, -0.2) is 4.79 Å². The number of rotatable bonds is 10. The minimum absolute atomic E-state index is 0.0117. The van der Waals surface area contributed by atoms with Crippen LogP contribution >= 0.6 is 0 Å². The maximum atomic E-state index is 12.2. The molecule has 14 heteroatoms. The zero-order chi connectivity index (χ0) is 38.5. The number of nitrogens with two attached hydrogens (primary N) is 1. The topological polar surface area (TPSA) is 177 Å². The van der Waals surface area contributed by atoms with Crippen molar-refractivity contribution in [2.24, 2.45) is 33.4 Å². The van der Waals surface area contributed by atoms with Gasteiger partial charge in [-0.1, -0.05) is 59.5 Å². The van der Waals surface area contributed by atoms with Crippen molar-refractivity contribution >= 4 is 25.0 Å². The Balaban J connectivity index is 0.000000802. The molecule has 1 aliphatic carbocycles. The fraction of sp³-hybridized carbons (Fsp3) is 0.917. The Hall–Kier alpha value is -2.29. The summed E-state index contributed by atoms with van der Waals surface area (Å²) in [6.45, 7) is 25.1. The molecule has 0 radical (unpaired) electrons. The van der Waals surface area contributed by atoms with E-state index in [1.165, 1.54) is 32.6 Å². The normalized spacial score (nSPS) is 23.0. The molecular weight excluding hydrogens is 639 g/mol. The van der Waals surface area contributed by atoms with Gasteiger partial charge in [0.05, 0.1) is 23.4 Å². The summed E-state index contributed by atoms with van der Waals surface area (Å²) in [5.41, 5.74) is 4.67. The molecule has 5 N–H and O–H groups in total.